The van der Waals surface area contributed by atoms with E-state index in [2.05, 4.69) is 9.56 Å². The van der Waals surface area contributed by atoms with Crippen molar-refractivity contribution in [3.63, 3.8) is 0 Å². The first-order chi connectivity index (χ1) is 3.27. The Balaban J connectivity index is 2.68. The topological polar surface area (TPSA) is 64.7 Å². The van der Waals surface area contributed by atoms with Crippen molar-refractivity contribution >= 4 is 8.53 Å². The fraction of sp³-hybridized carbons (Fsp3) is 1.00. The SMILES string of the molecule is CCOOP(N)O. The molecular formula is C2H8NO3P. The van der Waals surface area contributed by atoms with Crippen LogP contribution in [0.15, 0.2) is 0 Å². The molecule has 0 aromatic rings. The van der Waals surface area contributed by atoms with Gasteiger partial charge in [-0.1, -0.05) is 0 Å². The van der Waals surface area contributed by atoms with Crippen LogP contribution in [0.4, 0.5) is 0 Å². The molecule has 0 saturated heterocycles. The minimum absolute atomic E-state index is 0.399. The molecule has 0 aliphatic rings. The molecular weight excluding hydrogens is 117 g/mol. The molecule has 0 radical (unpaired) electrons. The molecule has 0 amide bonds. The zero-order valence-electron chi connectivity index (χ0n) is 4.00. The summed E-state index contributed by atoms with van der Waals surface area (Å²) >= 11 is 0. The van der Waals surface area contributed by atoms with Crippen LogP contribution < -0.4 is 5.50 Å². The number of rotatable bonds is 3. The fourth-order valence-electron chi connectivity index (χ4n) is 0.107. The minimum Gasteiger partial charge on any atom is -0.336 e. The third kappa shape index (κ3) is 6.27. The summed E-state index contributed by atoms with van der Waals surface area (Å²) < 4.78 is 4.09. The number of nitrogens with two attached hydrogens (primary N) is 1. The summed E-state index contributed by atoms with van der Waals surface area (Å²) in [6, 6.07) is 0. The molecule has 7 heavy (non-hydrogen) atoms. The van der Waals surface area contributed by atoms with Crippen molar-refractivity contribution in [1.82, 2.24) is 0 Å². The molecule has 44 valence electrons. The minimum atomic E-state index is -1.83. The summed E-state index contributed by atoms with van der Waals surface area (Å²) in [4.78, 5) is 12.4. The average molecular weight is 125 g/mol. The second-order valence-electron chi connectivity index (χ2n) is 0.784. The molecule has 0 bridgehead atoms. The molecule has 0 fully saturated rings. The predicted octanol–water partition coefficient (Wildman–Crippen LogP) is 0.132. The van der Waals surface area contributed by atoms with Crippen LogP contribution in [0.1, 0.15) is 6.92 Å². The van der Waals surface area contributed by atoms with Crippen LogP contribution >= 0.6 is 8.53 Å². The Labute approximate surface area is 43.1 Å². The Bertz CT molecular complexity index is 41.9. The average Bonchev–Trinajstić information content (AvgIpc) is 1.61. The third-order valence-corrected chi connectivity index (χ3v) is 0.505. The number of hydrogen-bond donors (Lipinski definition) is 2. The summed E-state index contributed by atoms with van der Waals surface area (Å²) in [6.07, 6.45) is 0. The first-order valence-corrected chi connectivity index (χ1v) is 3.08. The molecule has 0 rings (SSSR count). The van der Waals surface area contributed by atoms with Crippen LogP contribution in [0.5, 0.6) is 0 Å². The van der Waals surface area contributed by atoms with Gasteiger partial charge in [0.2, 0.25) is 0 Å². The molecule has 0 saturated carbocycles. The van der Waals surface area contributed by atoms with Gasteiger partial charge in [0, 0.05) is 0 Å². The summed E-state index contributed by atoms with van der Waals surface area (Å²) in [6.45, 7) is 2.13. The van der Waals surface area contributed by atoms with E-state index in [1.165, 1.54) is 0 Å². The van der Waals surface area contributed by atoms with E-state index in [1.807, 2.05) is 0 Å². The molecule has 0 aromatic carbocycles. The van der Waals surface area contributed by atoms with Gasteiger partial charge in [-0.05, 0) is 6.92 Å². The molecule has 1 atom stereocenters. The lowest BCUT2D eigenvalue weighted by Crippen LogP contribution is -1.93. The van der Waals surface area contributed by atoms with Gasteiger partial charge < -0.3 is 4.89 Å². The molecule has 5 heteroatoms. The second kappa shape index (κ2) is 4.43. The third-order valence-electron chi connectivity index (χ3n) is 0.247. The molecule has 0 aliphatic carbocycles. The predicted molar refractivity (Wildman–Crippen MR) is 26.0 cm³/mol. The van der Waals surface area contributed by atoms with Gasteiger partial charge in [0.1, 0.15) is 0 Å². The lowest BCUT2D eigenvalue weighted by Gasteiger charge is -1.99. The van der Waals surface area contributed by atoms with Gasteiger partial charge >= 0.3 is 0 Å². The lowest BCUT2D eigenvalue weighted by atomic mass is 10.9. The van der Waals surface area contributed by atoms with Crippen LogP contribution in [0.2, 0.25) is 0 Å². The quantitative estimate of drug-likeness (QED) is 0.319. The molecule has 3 N–H and O–H groups in total. The van der Waals surface area contributed by atoms with E-state index in [-0.39, 0.29) is 0 Å². The van der Waals surface area contributed by atoms with Crippen LogP contribution in [0.3, 0.4) is 0 Å². The highest BCUT2D eigenvalue weighted by Gasteiger charge is 1.92. The van der Waals surface area contributed by atoms with Crippen molar-refractivity contribution in [2.75, 3.05) is 6.61 Å². The van der Waals surface area contributed by atoms with E-state index in [4.69, 9.17) is 10.4 Å². The van der Waals surface area contributed by atoms with Crippen LogP contribution in [-0.2, 0) is 9.56 Å². The first kappa shape index (κ1) is 7.27. The summed E-state index contributed by atoms with van der Waals surface area (Å²) in [5.74, 6) is 0. The van der Waals surface area contributed by atoms with Crippen molar-refractivity contribution in [2.45, 2.75) is 6.92 Å². The van der Waals surface area contributed by atoms with Crippen molar-refractivity contribution in [3.8, 4) is 0 Å². The normalized spacial score (nSPS) is 14.1. The van der Waals surface area contributed by atoms with Crippen molar-refractivity contribution in [3.05, 3.63) is 0 Å². The summed E-state index contributed by atoms with van der Waals surface area (Å²) in [7, 11) is -1.83. The largest absolute Gasteiger partial charge is 0.336 e. The monoisotopic (exact) mass is 125 g/mol. The highest BCUT2D eigenvalue weighted by atomic mass is 31.2. The maximum Gasteiger partial charge on any atom is 0.283 e. The van der Waals surface area contributed by atoms with E-state index in [9.17, 15) is 0 Å². The zero-order valence-corrected chi connectivity index (χ0v) is 4.89. The highest BCUT2D eigenvalue weighted by Crippen LogP contribution is 2.18. The van der Waals surface area contributed by atoms with E-state index in [0.717, 1.165) is 0 Å². The van der Waals surface area contributed by atoms with Gasteiger partial charge in [-0.3, -0.25) is 5.50 Å². The van der Waals surface area contributed by atoms with Gasteiger partial charge in [-0.15, -0.1) is 0 Å². The molecule has 4 nitrogen and oxygen atoms in total. The molecule has 0 heterocycles. The maximum atomic E-state index is 8.18. The summed E-state index contributed by atoms with van der Waals surface area (Å²) in [5, 5.41) is 0. The van der Waals surface area contributed by atoms with E-state index in [1.54, 1.807) is 6.92 Å². The van der Waals surface area contributed by atoms with Crippen LogP contribution in [-0.4, -0.2) is 11.5 Å². The van der Waals surface area contributed by atoms with Gasteiger partial charge in [0.15, 0.2) is 0 Å². The Morgan fingerprint density at radius 2 is 2.43 bits per heavy atom. The van der Waals surface area contributed by atoms with Gasteiger partial charge in [-0.25, -0.2) is 4.89 Å². The highest BCUT2D eigenvalue weighted by molar-refractivity contribution is 7.43. The molecule has 0 aliphatic heterocycles. The van der Waals surface area contributed by atoms with Crippen LogP contribution in [0, 0.1) is 0 Å². The van der Waals surface area contributed by atoms with E-state index in [0.29, 0.717) is 6.61 Å². The van der Waals surface area contributed by atoms with Crippen molar-refractivity contribution in [2.24, 2.45) is 5.50 Å². The van der Waals surface area contributed by atoms with Gasteiger partial charge in [0.25, 0.3) is 8.53 Å². The smallest absolute Gasteiger partial charge is 0.283 e. The standard InChI is InChI=1S/C2H8NO3P/c1-2-5-6-7(3)4/h4H,2-3H2,1H3. The van der Waals surface area contributed by atoms with E-state index < -0.39 is 8.53 Å². The second-order valence-corrected chi connectivity index (χ2v) is 1.54. The number of hydrogen-bond acceptors (Lipinski definition) is 4. The van der Waals surface area contributed by atoms with Gasteiger partial charge in [-0.2, -0.15) is 4.67 Å². The van der Waals surface area contributed by atoms with Crippen LogP contribution in [0.25, 0.3) is 0 Å². The molecule has 1 unspecified atom stereocenters. The molecule has 0 aromatic heterocycles. The zero-order chi connectivity index (χ0) is 5.70. The first-order valence-electron chi connectivity index (χ1n) is 1.80. The van der Waals surface area contributed by atoms with Crippen molar-refractivity contribution in [1.29, 1.82) is 0 Å². The fourth-order valence-corrected chi connectivity index (χ4v) is 0.320. The Morgan fingerprint density at radius 1 is 1.86 bits per heavy atom. The Morgan fingerprint density at radius 3 is 2.57 bits per heavy atom. The lowest BCUT2D eigenvalue weighted by molar-refractivity contribution is -0.201. The molecule has 0 spiro atoms. The van der Waals surface area contributed by atoms with Crippen molar-refractivity contribution < 1.29 is 14.5 Å². The Kier molecular flexibility index (Phi) is 4.60. The van der Waals surface area contributed by atoms with E-state index >= 15 is 0 Å². The Hall–Kier alpha value is 0.270. The van der Waals surface area contributed by atoms with Gasteiger partial charge in [0.05, 0.1) is 6.61 Å². The maximum absolute atomic E-state index is 8.18. The summed E-state index contributed by atoms with van der Waals surface area (Å²) in [5.41, 5.74) is 4.75.